The highest BCUT2D eigenvalue weighted by molar-refractivity contribution is 9.10. The van der Waals surface area contributed by atoms with Crippen LogP contribution in [0.5, 0.6) is 11.5 Å². The van der Waals surface area contributed by atoms with Crippen LogP contribution in [-0.2, 0) is 0 Å². The number of likely N-dealkylation sites (N-methyl/N-ethyl adjacent to an activating group) is 1. The molecule has 10 nitrogen and oxygen atoms in total. The fraction of sp³-hybridized carbons (Fsp3) is 0.174. The number of carbonyl (C=O) groups is 2. The zero-order chi connectivity index (χ0) is 43.5. The SMILES string of the molecule is COc1ccc(Br)cc1C(=O)c1ccc(Nc2ccc(F)cc2F)nc1.COc1ccc(C#CCN2CCN(C)CC2)cc1C(=O)c1ccc(Nc2ccc(F)cc2F)nc1. The maximum absolute atomic E-state index is 13.9. The number of nitrogens with zero attached hydrogens (tertiary/aromatic N) is 4. The first kappa shape index (κ1) is 44.0. The fourth-order valence-electron chi connectivity index (χ4n) is 6.05. The largest absolute Gasteiger partial charge is 0.496 e. The van der Waals surface area contributed by atoms with Gasteiger partial charge in [0.25, 0.3) is 0 Å². The number of nitrogens with one attached hydrogen (secondary N) is 2. The minimum Gasteiger partial charge on any atom is -0.496 e. The van der Waals surface area contributed by atoms with Crippen molar-refractivity contribution < 1.29 is 36.6 Å². The van der Waals surface area contributed by atoms with Gasteiger partial charge in [-0.15, -0.1) is 0 Å². The Morgan fingerprint density at radius 1 is 0.672 bits per heavy atom. The van der Waals surface area contributed by atoms with Gasteiger partial charge >= 0.3 is 0 Å². The minimum absolute atomic E-state index is 0.0856. The molecule has 3 heterocycles. The number of methoxy groups -OCH3 is 2. The van der Waals surface area contributed by atoms with Crippen molar-refractivity contribution in [1.29, 1.82) is 0 Å². The zero-order valence-electron chi connectivity index (χ0n) is 33.2. The number of hydrogen-bond acceptors (Lipinski definition) is 10. The average molecular weight is 896 g/mol. The molecule has 0 aliphatic carbocycles. The highest BCUT2D eigenvalue weighted by Crippen LogP contribution is 2.27. The molecule has 2 N–H and O–H groups in total. The van der Waals surface area contributed by atoms with Crippen molar-refractivity contribution in [3.05, 3.63) is 165 Å². The average Bonchev–Trinajstić information content (AvgIpc) is 3.26. The minimum atomic E-state index is -0.734. The van der Waals surface area contributed by atoms with E-state index < -0.39 is 23.3 Å². The van der Waals surface area contributed by atoms with Crippen molar-refractivity contribution in [2.45, 2.75) is 0 Å². The number of ether oxygens (including phenoxy) is 2. The van der Waals surface area contributed by atoms with Gasteiger partial charge in [0.15, 0.2) is 11.6 Å². The molecule has 15 heteroatoms. The molecule has 0 spiro atoms. The Morgan fingerprint density at radius 2 is 1.18 bits per heavy atom. The number of pyridine rings is 2. The van der Waals surface area contributed by atoms with Crippen molar-refractivity contribution >= 4 is 50.5 Å². The van der Waals surface area contributed by atoms with Crippen molar-refractivity contribution in [2.24, 2.45) is 0 Å². The van der Waals surface area contributed by atoms with E-state index in [1.54, 1.807) is 54.6 Å². The molecule has 4 aromatic carbocycles. The van der Waals surface area contributed by atoms with E-state index in [0.29, 0.717) is 51.9 Å². The number of carbonyl (C=O) groups excluding carboxylic acids is 2. The molecule has 7 rings (SSSR count). The lowest BCUT2D eigenvalue weighted by atomic mass is 10.0. The smallest absolute Gasteiger partial charge is 0.198 e. The van der Waals surface area contributed by atoms with Gasteiger partial charge in [-0.3, -0.25) is 14.5 Å². The molecule has 1 fully saturated rings. The van der Waals surface area contributed by atoms with Crippen LogP contribution in [0.15, 0.2) is 114 Å². The molecule has 1 aliphatic rings. The number of benzene rings is 4. The Kier molecular flexibility index (Phi) is 14.8. The Labute approximate surface area is 358 Å². The molecule has 0 atom stereocenters. The predicted octanol–water partition coefficient (Wildman–Crippen LogP) is 9.05. The summed E-state index contributed by atoms with van der Waals surface area (Å²) < 4.78 is 65.0. The maximum Gasteiger partial charge on any atom is 0.198 e. The van der Waals surface area contributed by atoms with E-state index in [1.807, 2.05) is 6.07 Å². The summed E-state index contributed by atoms with van der Waals surface area (Å²) in [5, 5.41) is 5.52. The number of halogens is 5. The molecule has 0 amide bonds. The molecule has 61 heavy (non-hydrogen) atoms. The lowest BCUT2D eigenvalue weighted by Gasteiger charge is -2.30. The van der Waals surface area contributed by atoms with Gasteiger partial charge in [0, 0.05) is 71.9 Å². The number of rotatable bonds is 11. The van der Waals surface area contributed by atoms with Gasteiger partial charge in [0.2, 0.25) is 0 Å². The van der Waals surface area contributed by atoms with Crippen molar-refractivity contribution in [3.8, 4) is 23.3 Å². The number of ketones is 2. The summed E-state index contributed by atoms with van der Waals surface area (Å²) >= 11 is 3.33. The normalized spacial score (nSPS) is 12.6. The van der Waals surface area contributed by atoms with Gasteiger partial charge in [-0.05, 0) is 92.0 Å². The topological polar surface area (TPSA) is 109 Å². The monoisotopic (exact) mass is 894 g/mol. The Morgan fingerprint density at radius 3 is 1.66 bits per heavy atom. The van der Waals surface area contributed by atoms with Crippen LogP contribution in [0.25, 0.3) is 0 Å². The molecular formula is C46H39BrF4N6O4. The molecule has 0 saturated carbocycles. The lowest BCUT2D eigenvalue weighted by Crippen LogP contribution is -2.44. The lowest BCUT2D eigenvalue weighted by molar-refractivity contribution is 0.102. The van der Waals surface area contributed by atoms with Crippen LogP contribution in [0.3, 0.4) is 0 Å². The summed E-state index contributed by atoms with van der Waals surface area (Å²) in [6, 6.07) is 23.1. The second-order valence-corrected chi connectivity index (χ2v) is 14.6. The van der Waals surface area contributed by atoms with Gasteiger partial charge in [-0.1, -0.05) is 27.8 Å². The van der Waals surface area contributed by atoms with Gasteiger partial charge in [-0.2, -0.15) is 0 Å². The van der Waals surface area contributed by atoms with Crippen LogP contribution >= 0.6 is 15.9 Å². The standard InChI is InChI=1S/C27H26F2N4O2.C19H13BrF2N2O2/c1-32-12-14-33(15-13-32)11-3-4-19-5-9-25(35-2)22(16-19)27(34)20-6-10-26(30-18-20)31-24-8-7-21(28)17-23(24)29;1-26-17-6-3-12(20)8-14(17)19(25)11-2-7-18(23-10-11)24-16-5-4-13(21)9-15(16)22/h5-10,16-18H,11-15H2,1-2H3,(H,30,31);2-10H,1H3,(H,23,24). The molecule has 6 aromatic rings. The van der Waals surface area contributed by atoms with Crippen LogP contribution in [0, 0.1) is 35.1 Å². The van der Waals surface area contributed by atoms with E-state index in [0.717, 1.165) is 60.5 Å². The van der Waals surface area contributed by atoms with Crippen LogP contribution in [-0.4, -0.2) is 85.3 Å². The third kappa shape index (κ3) is 11.8. The summed E-state index contributed by atoms with van der Waals surface area (Å²) in [6.07, 6.45) is 2.78. The Bertz CT molecular complexity index is 2580. The van der Waals surface area contributed by atoms with E-state index >= 15 is 0 Å². The van der Waals surface area contributed by atoms with Crippen LogP contribution in [0.1, 0.15) is 37.4 Å². The first-order valence-corrected chi connectivity index (χ1v) is 19.6. The summed E-state index contributed by atoms with van der Waals surface area (Å²) in [5.74, 6) is 4.57. The second-order valence-electron chi connectivity index (χ2n) is 13.7. The predicted molar refractivity (Wildman–Crippen MR) is 229 cm³/mol. The van der Waals surface area contributed by atoms with E-state index in [2.05, 4.69) is 65.2 Å². The third-order valence-electron chi connectivity index (χ3n) is 9.42. The fourth-order valence-corrected chi connectivity index (χ4v) is 6.41. The van der Waals surface area contributed by atoms with Crippen molar-refractivity contribution in [3.63, 3.8) is 0 Å². The third-order valence-corrected chi connectivity index (χ3v) is 9.91. The van der Waals surface area contributed by atoms with Gasteiger partial charge < -0.3 is 25.0 Å². The van der Waals surface area contributed by atoms with E-state index in [4.69, 9.17) is 9.47 Å². The molecule has 2 aromatic heterocycles. The quantitative estimate of drug-likeness (QED) is 0.0744. The first-order valence-electron chi connectivity index (χ1n) is 18.8. The second kappa shape index (κ2) is 20.6. The van der Waals surface area contributed by atoms with Crippen molar-refractivity contribution in [2.75, 3.05) is 64.6 Å². The van der Waals surface area contributed by atoms with E-state index in [1.165, 1.54) is 38.7 Å². The Hall–Kier alpha value is -6.60. The number of hydrogen-bond donors (Lipinski definition) is 2. The molecule has 0 radical (unpaired) electrons. The van der Waals surface area contributed by atoms with Crippen LogP contribution < -0.4 is 20.1 Å². The summed E-state index contributed by atoms with van der Waals surface area (Å²) in [6.45, 7) is 4.72. The highest BCUT2D eigenvalue weighted by atomic mass is 79.9. The molecule has 1 aliphatic heterocycles. The zero-order valence-corrected chi connectivity index (χ0v) is 34.8. The van der Waals surface area contributed by atoms with Crippen LogP contribution in [0.4, 0.5) is 40.6 Å². The van der Waals surface area contributed by atoms with E-state index in [9.17, 15) is 27.2 Å². The molecule has 312 valence electrons. The first-order chi connectivity index (χ1) is 29.4. The summed E-state index contributed by atoms with van der Waals surface area (Å²) in [4.78, 5) is 38.8. The van der Waals surface area contributed by atoms with Crippen LogP contribution in [0.2, 0.25) is 0 Å². The molecule has 0 unspecified atom stereocenters. The summed E-state index contributed by atoms with van der Waals surface area (Å²) in [5.41, 5.74) is 2.37. The number of piperazine rings is 1. The van der Waals surface area contributed by atoms with E-state index in [-0.39, 0.29) is 22.9 Å². The maximum atomic E-state index is 13.9. The number of anilines is 4. The molecule has 1 saturated heterocycles. The summed E-state index contributed by atoms with van der Waals surface area (Å²) in [7, 11) is 5.11. The van der Waals surface area contributed by atoms with Gasteiger partial charge in [0.1, 0.15) is 46.4 Å². The Balaban J connectivity index is 0.000000213. The van der Waals surface area contributed by atoms with Gasteiger partial charge in [-0.25, -0.2) is 27.5 Å². The highest BCUT2D eigenvalue weighted by Gasteiger charge is 2.18. The van der Waals surface area contributed by atoms with Crippen molar-refractivity contribution in [1.82, 2.24) is 19.8 Å². The molecular weight excluding hydrogens is 856 g/mol. The van der Waals surface area contributed by atoms with Gasteiger partial charge in [0.05, 0.1) is 43.3 Å². The molecule has 0 bridgehead atoms. The number of aromatic nitrogens is 2.